The molecule has 3 nitrogen and oxygen atoms in total. The normalized spacial score (nSPS) is 36.0. The molecule has 0 radical (unpaired) electrons. The van der Waals surface area contributed by atoms with Crippen molar-refractivity contribution in [2.24, 2.45) is 5.92 Å². The molecule has 0 aromatic carbocycles. The Balaban J connectivity index is 2.26. The lowest BCUT2D eigenvalue weighted by Gasteiger charge is -2.17. The third-order valence-corrected chi connectivity index (χ3v) is 2.29. The van der Waals surface area contributed by atoms with Gasteiger partial charge in [0.15, 0.2) is 11.5 Å². The average molecular weight is 153 g/mol. The number of aliphatic hydroxyl groups is 2. The molecule has 1 fully saturated rings. The number of hydrogen-bond donors (Lipinski definition) is 3. The van der Waals surface area contributed by atoms with E-state index in [0.717, 1.165) is 13.0 Å². The first-order valence-corrected chi connectivity index (χ1v) is 3.83. The number of fused-ring (bicyclic) bond motifs is 1. The van der Waals surface area contributed by atoms with Crippen LogP contribution in [0.3, 0.4) is 0 Å². The highest BCUT2D eigenvalue weighted by molar-refractivity contribution is 5.28. The maximum absolute atomic E-state index is 9.14. The van der Waals surface area contributed by atoms with Crippen LogP contribution in [0.5, 0.6) is 0 Å². The van der Waals surface area contributed by atoms with Crippen molar-refractivity contribution >= 4 is 0 Å². The quantitative estimate of drug-likeness (QED) is 0.484. The summed E-state index contributed by atoms with van der Waals surface area (Å²) in [5, 5.41) is 21.5. The second-order valence-electron chi connectivity index (χ2n) is 3.04. The van der Waals surface area contributed by atoms with E-state index in [9.17, 15) is 0 Å². The molecule has 3 heteroatoms. The number of nitrogens with one attached hydrogen (secondary N) is 1. The van der Waals surface area contributed by atoms with Crippen molar-refractivity contribution in [1.29, 1.82) is 0 Å². The standard InChI is InChI=1S/C8H11NO2/c10-7-3-5-1-2-9-6(5)4-8(7)11/h3-6,9-11H,1-2H2. The van der Waals surface area contributed by atoms with E-state index in [4.69, 9.17) is 10.2 Å². The summed E-state index contributed by atoms with van der Waals surface area (Å²) in [5.41, 5.74) is 0. The highest BCUT2D eigenvalue weighted by Gasteiger charge is 2.28. The van der Waals surface area contributed by atoms with E-state index < -0.39 is 0 Å². The first-order chi connectivity index (χ1) is 5.27. The summed E-state index contributed by atoms with van der Waals surface area (Å²) in [6.45, 7) is 0.961. The number of rotatable bonds is 0. The van der Waals surface area contributed by atoms with Crippen LogP contribution in [0.2, 0.25) is 0 Å². The van der Waals surface area contributed by atoms with E-state index in [2.05, 4.69) is 5.32 Å². The molecular formula is C8H11NO2. The molecule has 0 amide bonds. The minimum Gasteiger partial charge on any atom is -0.504 e. The summed E-state index contributed by atoms with van der Waals surface area (Å²) in [4.78, 5) is 0. The van der Waals surface area contributed by atoms with E-state index in [-0.39, 0.29) is 17.6 Å². The van der Waals surface area contributed by atoms with Gasteiger partial charge < -0.3 is 15.5 Å². The van der Waals surface area contributed by atoms with Crippen molar-refractivity contribution in [1.82, 2.24) is 5.32 Å². The summed E-state index contributed by atoms with van der Waals surface area (Å²) in [7, 11) is 0. The van der Waals surface area contributed by atoms with E-state index >= 15 is 0 Å². The van der Waals surface area contributed by atoms with Crippen LogP contribution in [0.25, 0.3) is 0 Å². The van der Waals surface area contributed by atoms with Crippen LogP contribution < -0.4 is 5.32 Å². The Hall–Kier alpha value is -0.960. The number of hydrogen-bond acceptors (Lipinski definition) is 3. The zero-order chi connectivity index (χ0) is 7.84. The lowest BCUT2D eigenvalue weighted by Crippen LogP contribution is -2.26. The molecule has 11 heavy (non-hydrogen) atoms. The highest BCUT2D eigenvalue weighted by atomic mass is 16.3. The van der Waals surface area contributed by atoms with Crippen LogP contribution >= 0.6 is 0 Å². The molecule has 1 heterocycles. The van der Waals surface area contributed by atoms with Gasteiger partial charge in [-0.25, -0.2) is 0 Å². The molecule has 3 N–H and O–H groups in total. The van der Waals surface area contributed by atoms with Crippen LogP contribution in [0.15, 0.2) is 23.7 Å². The van der Waals surface area contributed by atoms with Crippen LogP contribution in [0.4, 0.5) is 0 Å². The molecule has 0 bridgehead atoms. The fourth-order valence-corrected chi connectivity index (χ4v) is 1.66. The average Bonchev–Trinajstić information content (AvgIpc) is 2.36. The fourth-order valence-electron chi connectivity index (χ4n) is 1.66. The predicted octanol–water partition coefficient (Wildman–Crippen LogP) is 0.862. The van der Waals surface area contributed by atoms with Crippen molar-refractivity contribution < 1.29 is 10.2 Å². The van der Waals surface area contributed by atoms with Crippen LogP contribution in [0, 0.1) is 5.92 Å². The molecule has 0 spiro atoms. The second-order valence-corrected chi connectivity index (χ2v) is 3.04. The molecule has 0 saturated carbocycles. The van der Waals surface area contributed by atoms with Gasteiger partial charge in [0.05, 0.1) is 0 Å². The monoisotopic (exact) mass is 153 g/mol. The van der Waals surface area contributed by atoms with Gasteiger partial charge in [0.2, 0.25) is 0 Å². The minimum absolute atomic E-state index is 0.000602. The Kier molecular flexibility index (Phi) is 1.39. The Bertz CT molecular complexity index is 208. The van der Waals surface area contributed by atoms with E-state index in [1.54, 1.807) is 12.2 Å². The molecule has 1 saturated heterocycles. The first-order valence-electron chi connectivity index (χ1n) is 3.83. The Labute approximate surface area is 65.0 Å². The molecule has 2 rings (SSSR count). The van der Waals surface area contributed by atoms with Gasteiger partial charge in [-0.1, -0.05) is 0 Å². The van der Waals surface area contributed by atoms with Crippen molar-refractivity contribution in [2.45, 2.75) is 12.5 Å². The van der Waals surface area contributed by atoms with Crippen molar-refractivity contribution in [3.05, 3.63) is 23.7 Å². The van der Waals surface area contributed by atoms with Crippen molar-refractivity contribution in [3.63, 3.8) is 0 Å². The maximum atomic E-state index is 9.14. The molecule has 60 valence electrons. The number of aliphatic hydroxyl groups excluding tert-OH is 2. The van der Waals surface area contributed by atoms with Crippen molar-refractivity contribution in [3.8, 4) is 0 Å². The Morgan fingerprint density at radius 3 is 2.82 bits per heavy atom. The minimum atomic E-state index is 0.000602. The van der Waals surface area contributed by atoms with Gasteiger partial charge in [0, 0.05) is 12.0 Å². The SMILES string of the molecule is OC1=CC2CCNC2C=C1O. The van der Waals surface area contributed by atoms with E-state index in [1.165, 1.54) is 0 Å². The third kappa shape index (κ3) is 1.01. The van der Waals surface area contributed by atoms with Crippen LogP contribution in [-0.2, 0) is 0 Å². The molecular weight excluding hydrogens is 142 g/mol. The highest BCUT2D eigenvalue weighted by Crippen LogP contribution is 2.25. The first kappa shape index (κ1) is 6.73. The smallest absolute Gasteiger partial charge is 0.154 e. The zero-order valence-corrected chi connectivity index (χ0v) is 6.12. The molecule has 1 aliphatic carbocycles. The topological polar surface area (TPSA) is 52.5 Å². The predicted molar refractivity (Wildman–Crippen MR) is 41.3 cm³/mol. The fraction of sp³-hybridized carbons (Fsp3) is 0.500. The summed E-state index contributed by atoms with van der Waals surface area (Å²) in [6, 6.07) is 0.228. The molecule has 0 aromatic heterocycles. The summed E-state index contributed by atoms with van der Waals surface area (Å²) >= 11 is 0. The van der Waals surface area contributed by atoms with Crippen LogP contribution in [0.1, 0.15) is 6.42 Å². The molecule has 2 atom stereocenters. The van der Waals surface area contributed by atoms with Crippen molar-refractivity contribution in [2.75, 3.05) is 6.54 Å². The maximum Gasteiger partial charge on any atom is 0.154 e. The summed E-state index contributed by atoms with van der Waals surface area (Å²) in [6.07, 6.45) is 4.44. The molecule has 2 aliphatic rings. The van der Waals surface area contributed by atoms with Gasteiger partial charge in [0.25, 0.3) is 0 Å². The van der Waals surface area contributed by atoms with Crippen LogP contribution in [-0.4, -0.2) is 22.8 Å². The zero-order valence-electron chi connectivity index (χ0n) is 6.12. The molecule has 1 aliphatic heterocycles. The van der Waals surface area contributed by atoms with Gasteiger partial charge in [-0.3, -0.25) is 0 Å². The van der Waals surface area contributed by atoms with Gasteiger partial charge in [0.1, 0.15) is 0 Å². The van der Waals surface area contributed by atoms with Gasteiger partial charge in [-0.05, 0) is 25.1 Å². The Morgan fingerprint density at radius 2 is 2.00 bits per heavy atom. The lowest BCUT2D eigenvalue weighted by atomic mass is 9.95. The summed E-state index contributed by atoms with van der Waals surface area (Å²) < 4.78 is 0. The Morgan fingerprint density at radius 1 is 1.27 bits per heavy atom. The van der Waals surface area contributed by atoms with Gasteiger partial charge >= 0.3 is 0 Å². The van der Waals surface area contributed by atoms with E-state index in [1.807, 2.05) is 0 Å². The lowest BCUT2D eigenvalue weighted by molar-refractivity contribution is 0.309. The second kappa shape index (κ2) is 2.27. The van der Waals surface area contributed by atoms with E-state index in [0.29, 0.717) is 5.92 Å². The largest absolute Gasteiger partial charge is 0.504 e. The van der Waals surface area contributed by atoms with Gasteiger partial charge in [-0.2, -0.15) is 0 Å². The molecule has 0 aromatic rings. The van der Waals surface area contributed by atoms with Gasteiger partial charge in [-0.15, -0.1) is 0 Å². The molecule has 2 unspecified atom stereocenters. The summed E-state index contributed by atoms with van der Waals surface area (Å²) in [5.74, 6) is 0.390. The third-order valence-electron chi connectivity index (χ3n) is 2.29.